The molecule has 2 aliphatic rings. The summed E-state index contributed by atoms with van der Waals surface area (Å²) < 4.78 is 28.2. The van der Waals surface area contributed by atoms with Gasteiger partial charge in [-0.2, -0.15) is 9.57 Å². The number of nitriles is 1. The van der Waals surface area contributed by atoms with Gasteiger partial charge in [-0.05, 0) is 50.8 Å². The fourth-order valence-electron chi connectivity index (χ4n) is 3.40. The molecule has 0 spiro atoms. The normalized spacial score (nSPS) is 24.4. The molecule has 2 unspecified atom stereocenters. The van der Waals surface area contributed by atoms with Gasteiger partial charge in [0.2, 0.25) is 10.0 Å². The van der Waals surface area contributed by atoms with Crippen molar-refractivity contribution in [3.63, 3.8) is 0 Å². The van der Waals surface area contributed by atoms with Crippen molar-refractivity contribution in [3.05, 3.63) is 65.3 Å². The third-order valence-corrected chi connectivity index (χ3v) is 6.74. The largest absolute Gasteiger partial charge is 0.245 e. The maximum atomic E-state index is 13.4. The summed E-state index contributed by atoms with van der Waals surface area (Å²) in [6.07, 6.45) is 10.4. The van der Waals surface area contributed by atoms with Crippen LogP contribution in [0.4, 0.5) is 0 Å². The summed E-state index contributed by atoms with van der Waals surface area (Å²) in [5, 5.41) is 9.67. The molecule has 25 heavy (non-hydrogen) atoms. The minimum absolute atomic E-state index is 0.241. The smallest absolute Gasteiger partial charge is 0.207 e. The molecule has 1 aromatic carbocycles. The molecule has 0 saturated carbocycles. The van der Waals surface area contributed by atoms with Crippen LogP contribution in [0.5, 0.6) is 0 Å². The van der Waals surface area contributed by atoms with Crippen molar-refractivity contribution in [1.29, 1.82) is 5.26 Å². The molecule has 1 aliphatic heterocycles. The van der Waals surface area contributed by atoms with Gasteiger partial charge in [-0.3, -0.25) is 0 Å². The van der Waals surface area contributed by atoms with Crippen LogP contribution >= 0.6 is 0 Å². The first kappa shape index (κ1) is 17.7. The van der Waals surface area contributed by atoms with Gasteiger partial charge in [0.15, 0.2) is 0 Å². The van der Waals surface area contributed by atoms with Gasteiger partial charge in [0.25, 0.3) is 0 Å². The molecule has 0 fully saturated rings. The van der Waals surface area contributed by atoms with E-state index in [0.717, 1.165) is 29.6 Å². The van der Waals surface area contributed by atoms with E-state index >= 15 is 0 Å². The summed E-state index contributed by atoms with van der Waals surface area (Å²) in [6, 6.07) is 7.95. The van der Waals surface area contributed by atoms with Crippen molar-refractivity contribution < 1.29 is 8.42 Å². The molecule has 0 amide bonds. The van der Waals surface area contributed by atoms with E-state index in [1.165, 1.54) is 4.31 Å². The number of hydrogen-bond acceptors (Lipinski definition) is 3. The van der Waals surface area contributed by atoms with E-state index in [2.05, 4.69) is 12.1 Å². The Hall–Kier alpha value is -2.16. The van der Waals surface area contributed by atoms with Gasteiger partial charge < -0.3 is 0 Å². The number of sulfonamides is 1. The number of allylic oxidation sites excluding steroid dienone is 3. The Morgan fingerprint density at radius 3 is 2.52 bits per heavy atom. The summed E-state index contributed by atoms with van der Waals surface area (Å²) in [7, 11) is -3.77. The van der Waals surface area contributed by atoms with Crippen molar-refractivity contribution in [2.45, 2.75) is 50.1 Å². The van der Waals surface area contributed by atoms with Crippen LogP contribution in [0.25, 0.3) is 0 Å². The molecule has 4 nitrogen and oxygen atoms in total. The minimum atomic E-state index is -3.77. The Balaban J connectivity index is 2.10. The summed E-state index contributed by atoms with van der Waals surface area (Å²) in [5.74, 6) is 0. The van der Waals surface area contributed by atoms with E-state index < -0.39 is 16.1 Å². The molecule has 0 radical (unpaired) electrons. The molecule has 0 bridgehead atoms. The zero-order chi connectivity index (χ0) is 18.0. The van der Waals surface area contributed by atoms with Crippen LogP contribution < -0.4 is 0 Å². The first-order valence-electron chi connectivity index (χ1n) is 8.47. The van der Waals surface area contributed by atoms with E-state index in [9.17, 15) is 13.7 Å². The second-order valence-electron chi connectivity index (χ2n) is 6.59. The fourth-order valence-corrected chi connectivity index (χ4v) is 5.18. The predicted molar refractivity (Wildman–Crippen MR) is 98.2 cm³/mol. The second kappa shape index (κ2) is 6.99. The van der Waals surface area contributed by atoms with Gasteiger partial charge in [0.05, 0.1) is 17.0 Å². The maximum Gasteiger partial charge on any atom is 0.245 e. The molecule has 3 rings (SSSR count). The lowest BCUT2D eigenvalue weighted by Crippen LogP contribution is -2.50. The minimum Gasteiger partial charge on any atom is -0.207 e. The predicted octanol–water partition coefficient (Wildman–Crippen LogP) is 3.87. The molecule has 130 valence electrons. The van der Waals surface area contributed by atoms with E-state index in [1.807, 2.05) is 32.1 Å². The highest BCUT2D eigenvalue weighted by molar-refractivity contribution is 7.89. The molecule has 5 heteroatoms. The van der Waals surface area contributed by atoms with E-state index in [-0.39, 0.29) is 10.9 Å². The first-order valence-corrected chi connectivity index (χ1v) is 9.91. The Morgan fingerprint density at radius 1 is 1.20 bits per heavy atom. The molecule has 2 atom stereocenters. The second-order valence-corrected chi connectivity index (χ2v) is 8.43. The van der Waals surface area contributed by atoms with Crippen molar-refractivity contribution in [2.75, 3.05) is 0 Å². The Kier molecular flexibility index (Phi) is 4.94. The van der Waals surface area contributed by atoms with Crippen molar-refractivity contribution >= 4 is 10.0 Å². The molecule has 1 heterocycles. The molecule has 0 aromatic heterocycles. The highest BCUT2D eigenvalue weighted by Gasteiger charge is 2.41. The van der Waals surface area contributed by atoms with Gasteiger partial charge in [-0.1, -0.05) is 47.6 Å². The maximum absolute atomic E-state index is 13.4. The lowest BCUT2D eigenvalue weighted by molar-refractivity contribution is 0.314. The number of nitrogens with zero attached hydrogens (tertiary/aromatic N) is 2. The van der Waals surface area contributed by atoms with Crippen molar-refractivity contribution in [2.24, 2.45) is 0 Å². The average molecular weight is 354 g/mol. The Morgan fingerprint density at radius 2 is 1.92 bits per heavy atom. The Labute approximate surface area is 149 Å². The van der Waals surface area contributed by atoms with Crippen LogP contribution in [0.15, 0.2) is 64.6 Å². The van der Waals surface area contributed by atoms with Crippen LogP contribution in [0.2, 0.25) is 0 Å². The van der Waals surface area contributed by atoms with Crippen LogP contribution in [0.1, 0.15) is 31.7 Å². The number of hydrogen-bond donors (Lipinski definition) is 0. The molecular formula is C20H22N2O2S. The van der Waals surface area contributed by atoms with Crippen LogP contribution in [-0.4, -0.2) is 24.8 Å². The third kappa shape index (κ3) is 3.33. The van der Waals surface area contributed by atoms with Crippen LogP contribution in [0, 0.1) is 18.3 Å². The van der Waals surface area contributed by atoms with Gasteiger partial charge in [-0.15, -0.1) is 0 Å². The number of benzene rings is 1. The fraction of sp³-hybridized carbons (Fsp3) is 0.350. The van der Waals surface area contributed by atoms with Crippen molar-refractivity contribution in [3.8, 4) is 6.07 Å². The summed E-state index contributed by atoms with van der Waals surface area (Å²) in [4.78, 5) is 0.241. The first-order chi connectivity index (χ1) is 11.9. The highest BCUT2D eigenvalue weighted by atomic mass is 32.2. The monoisotopic (exact) mass is 354 g/mol. The number of aryl methyl sites for hydroxylation is 1. The number of rotatable bonds is 3. The molecular weight excluding hydrogens is 332 g/mol. The zero-order valence-corrected chi connectivity index (χ0v) is 15.3. The topological polar surface area (TPSA) is 61.2 Å². The van der Waals surface area contributed by atoms with Crippen LogP contribution in [0.3, 0.4) is 0 Å². The molecule has 1 aromatic rings. The van der Waals surface area contributed by atoms with Crippen molar-refractivity contribution in [1.82, 2.24) is 4.31 Å². The molecule has 0 saturated heterocycles. The summed E-state index contributed by atoms with van der Waals surface area (Å²) in [6.45, 7) is 3.75. The lowest BCUT2D eigenvalue weighted by Gasteiger charge is -2.39. The molecule has 0 N–H and O–H groups in total. The van der Waals surface area contributed by atoms with E-state index in [1.54, 1.807) is 24.3 Å². The average Bonchev–Trinajstić information content (AvgIpc) is 2.62. The summed E-state index contributed by atoms with van der Waals surface area (Å²) in [5.41, 5.74) is 2.87. The molecule has 1 aliphatic carbocycles. The van der Waals surface area contributed by atoms with Gasteiger partial charge in [-0.25, -0.2) is 8.42 Å². The van der Waals surface area contributed by atoms with Gasteiger partial charge in [0, 0.05) is 0 Å². The van der Waals surface area contributed by atoms with E-state index in [0.29, 0.717) is 6.42 Å². The summed E-state index contributed by atoms with van der Waals surface area (Å²) >= 11 is 0. The highest BCUT2D eigenvalue weighted by Crippen LogP contribution is 2.35. The van der Waals surface area contributed by atoms with Gasteiger partial charge in [0.1, 0.15) is 6.04 Å². The van der Waals surface area contributed by atoms with Crippen LogP contribution in [-0.2, 0) is 10.0 Å². The van der Waals surface area contributed by atoms with E-state index in [4.69, 9.17) is 0 Å². The SMILES string of the molecule is CC1=CCC(C2=CC=CCC2)N(S(=O)(=O)c2ccc(C)cc2)C1C#N. The Bertz CT molecular complexity index is 887. The lowest BCUT2D eigenvalue weighted by atomic mass is 9.90. The van der Waals surface area contributed by atoms with Gasteiger partial charge >= 0.3 is 0 Å². The zero-order valence-electron chi connectivity index (χ0n) is 14.5. The third-order valence-electron chi connectivity index (χ3n) is 4.85. The standard InChI is InChI=1S/C20H22N2O2S/c1-15-8-11-18(12-9-15)25(23,24)22-19(17-6-4-3-5-7-17)13-10-16(2)20(22)14-21/h3-4,6,8-12,19-20H,5,7,13H2,1-2H3. The quantitative estimate of drug-likeness (QED) is 0.774.